The summed E-state index contributed by atoms with van der Waals surface area (Å²) in [5, 5.41) is 14.0. The normalized spacial score (nSPS) is 16.6. The van der Waals surface area contributed by atoms with Crippen molar-refractivity contribution in [1.29, 1.82) is 0 Å². The van der Waals surface area contributed by atoms with Gasteiger partial charge < -0.3 is 5.11 Å². The van der Waals surface area contributed by atoms with Crippen LogP contribution in [0.25, 0.3) is 0 Å². The molecule has 0 fully saturated rings. The molecule has 3 rings (SSSR count). The third-order valence-corrected chi connectivity index (χ3v) is 5.14. The molecule has 2 aromatic carbocycles. The van der Waals surface area contributed by atoms with E-state index in [4.69, 9.17) is 0 Å². The summed E-state index contributed by atoms with van der Waals surface area (Å²) in [5.41, 5.74) is 4.61. The lowest BCUT2D eigenvalue weighted by atomic mass is 9.86. The Morgan fingerprint density at radius 2 is 1.78 bits per heavy atom. The van der Waals surface area contributed by atoms with Gasteiger partial charge in [0.2, 0.25) is 0 Å². The van der Waals surface area contributed by atoms with Crippen molar-refractivity contribution in [3.05, 3.63) is 70.8 Å². The molecule has 0 spiro atoms. The number of aryl methyl sites for hydroxylation is 2. The SMILES string of the molecule is CNC(O)(CCCc1cccc2c1CCCC2)c1ccccc1. The monoisotopic (exact) mass is 309 g/mol. The van der Waals surface area contributed by atoms with Gasteiger partial charge in [0.05, 0.1) is 0 Å². The Balaban J connectivity index is 1.67. The minimum absolute atomic E-state index is 0.719. The molecule has 0 heterocycles. The number of aliphatic hydroxyl groups is 1. The van der Waals surface area contributed by atoms with E-state index in [-0.39, 0.29) is 0 Å². The van der Waals surface area contributed by atoms with Crippen LogP contribution in [0.3, 0.4) is 0 Å². The van der Waals surface area contributed by atoms with E-state index in [1.54, 1.807) is 11.1 Å². The maximum Gasteiger partial charge on any atom is 0.141 e. The summed E-state index contributed by atoms with van der Waals surface area (Å²) in [6.07, 6.45) is 7.83. The van der Waals surface area contributed by atoms with Crippen LogP contribution in [0.5, 0.6) is 0 Å². The molecule has 2 nitrogen and oxygen atoms in total. The molecule has 122 valence electrons. The van der Waals surface area contributed by atoms with E-state index in [0.29, 0.717) is 0 Å². The average Bonchev–Trinajstić information content (AvgIpc) is 2.62. The molecule has 0 saturated carbocycles. The van der Waals surface area contributed by atoms with Gasteiger partial charge in [-0.1, -0.05) is 48.5 Å². The zero-order chi connectivity index (χ0) is 16.1. The van der Waals surface area contributed by atoms with Gasteiger partial charge in [-0.05, 0) is 74.2 Å². The minimum Gasteiger partial charge on any atom is -0.372 e. The maximum atomic E-state index is 10.9. The first kappa shape index (κ1) is 16.2. The molecule has 0 saturated heterocycles. The molecular weight excluding hydrogens is 282 g/mol. The van der Waals surface area contributed by atoms with Crippen LogP contribution in [0.1, 0.15) is 47.9 Å². The van der Waals surface area contributed by atoms with Crippen LogP contribution in [0.15, 0.2) is 48.5 Å². The summed E-state index contributed by atoms with van der Waals surface area (Å²) in [7, 11) is 1.83. The second kappa shape index (κ2) is 7.29. The highest BCUT2D eigenvalue weighted by Crippen LogP contribution is 2.28. The predicted molar refractivity (Wildman–Crippen MR) is 95.4 cm³/mol. The summed E-state index contributed by atoms with van der Waals surface area (Å²) in [5.74, 6) is 0. The number of rotatable bonds is 6. The molecule has 2 aromatic rings. The van der Waals surface area contributed by atoms with Gasteiger partial charge >= 0.3 is 0 Å². The molecule has 2 N–H and O–H groups in total. The molecule has 0 aromatic heterocycles. The second-order valence-electron chi connectivity index (χ2n) is 6.59. The molecule has 2 heteroatoms. The molecule has 0 bridgehead atoms. The summed E-state index contributed by atoms with van der Waals surface area (Å²) in [4.78, 5) is 0. The molecule has 1 atom stereocenters. The highest BCUT2D eigenvalue weighted by atomic mass is 16.3. The van der Waals surface area contributed by atoms with Crippen molar-refractivity contribution >= 4 is 0 Å². The quantitative estimate of drug-likeness (QED) is 0.792. The molecule has 1 aliphatic rings. The number of fused-ring (bicyclic) bond motifs is 1. The first-order chi connectivity index (χ1) is 11.2. The fourth-order valence-corrected chi connectivity index (χ4v) is 3.76. The molecular formula is C21H27NO. The van der Waals surface area contributed by atoms with Crippen LogP contribution >= 0.6 is 0 Å². The number of hydrogen-bond acceptors (Lipinski definition) is 2. The smallest absolute Gasteiger partial charge is 0.141 e. The van der Waals surface area contributed by atoms with Crippen molar-refractivity contribution in [2.75, 3.05) is 7.05 Å². The Morgan fingerprint density at radius 1 is 1.00 bits per heavy atom. The summed E-state index contributed by atoms with van der Waals surface area (Å²) in [6, 6.07) is 16.7. The van der Waals surface area contributed by atoms with Gasteiger partial charge in [0.15, 0.2) is 0 Å². The van der Waals surface area contributed by atoms with Gasteiger partial charge in [-0.2, -0.15) is 0 Å². The van der Waals surface area contributed by atoms with Gasteiger partial charge in [0, 0.05) is 0 Å². The van der Waals surface area contributed by atoms with Crippen molar-refractivity contribution in [2.24, 2.45) is 0 Å². The van der Waals surface area contributed by atoms with Gasteiger partial charge in [0.25, 0.3) is 0 Å². The third-order valence-electron chi connectivity index (χ3n) is 5.14. The number of hydrogen-bond donors (Lipinski definition) is 2. The highest BCUT2D eigenvalue weighted by molar-refractivity contribution is 5.37. The fraction of sp³-hybridized carbons (Fsp3) is 0.429. The van der Waals surface area contributed by atoms with E-state index < -0.39 is 5.72 Å². The summed E-state index contributed by atoms with van der Waals surface area (Å²) >= 11 is 0. The molecule has 0 radical (unpaired) electrons. The Bertz CT molecular complexity index is 638. The number of benzene rings is 2. The predicted octanol–water partition coefficient (Wildman–Crippen LogP) is 3.95. The molecule has 1 unspecified atom stereocenters. The molecule has 1 aliphatic carbocycles. The van der Waals surface area contributed by atoms with Crippen LogP contribution in [0, 0.1) is 0 Å². The lowest BCUT2D eigenvalue weighted by Gasteiger charge is -2.28. The average molecular weight is 309 g/mol. The van der Waals surface area contributed by atoms with Crippen molar-refractivity contribution in [2.45, 2.75) is 50.7 Å². The molecule has 23 heavy (non-hydrogen) atoms. The van der Waals surface area contributed by atoms with Crippen LogP contribution < -0.4 is 5.32 Å². The highest BCUT2D eigenvalue weighted by Gasteiger charge is 2.26. The summed E-state index contributed by atoms with van der Waals surface area (Å²) < 4.78 is 0. The minimum atomic E-state index is -0.934. The Kier molecular flexibility index (Phi) is 5.14. The van der Waals surface area contributed by atoms with Gasteiger partial charge in [0.1, 0.15) is 5.72 Å². The van der Waals surface area contributed by atoms with Gasteiger partial charge in [-0.15, -0.1) is 0 Å². The lowest BCUT2D eigenvalue weighted by molar-refractivity contribution is -0.00244. The van der Waals surface area contributed by atoms with Gasteiger partial charge in [-0.25, -0.2) is 0 Å². The molecule has 0 aliphatic heterocycles. The van der Waals surface area contributed by atoms with E-state index in [0.717, 1.165) is 24.8 Å². The second-order valence-corrected chi connectivity index (χ2v) is 6.59. The van der Waals surface area contributed by atoms with E-state index in [1.807, 2.05) is 37.4 Å². The van der Waals surface area contributed by atoms with Crippen molar-refractivity contribution in [3.8, 4) is 0 Å². The Labute approximate surface area is 139 Å². The third kappa shape index (κ3) is 3.65. The van der Waals surface area contributed by atoms with E-state index in [9.17, 15) is 5.11 Å². The largest absolute Gasteiger partial charge is 0.372 e. The topological polar surface area (TPSA) is 32.3 Å². The van der Waals surface area contributed by atoms with Crippen LogP contribution in [0.4, 0.5) is 0 Å². The zero-order valence-electron chi connectivity index (χ0n) is 14.0. The van der Waals surface area contributed by atoms with Crippen LogP contribution in [0.2, 0.25) is 0 Å². The maximum absolute atomic E-state index is 10.9. The number of nitrogens with one attached hydrogen (secondary N) is 1. The van der Waals surface area contributed by atoms with Gasteiger partial charge in [-0.3, -0.25) is 5.32 Å². The van der Waals surface area contributed by atoms with Crippen molar-refractivity contribution in [3.63, 3.8) is 0 Å². The Morgan fingerprint density at radius 3 is 2.57 bits per heavy atom. The Hall–Kier alpha value is -1.64. The van der Waals surface area contributed by atoms with E-state index in [2.05, 4.69) is 23.5 Å². The van der Waals surface area contributed by atoms with Crippen LogP contribution in [-0.4, -0.2) is 12.2 Å². The zero-order valence-corrected chi connectivity index (χ0v) is 14.0. The first-order valence-corrected chi connectivity index (χ1v) is 8.79. The van der Waals surface area contributed by atoms with Crippen LogP contribution in [-0.2, 0) is 25.0 Å². The standard InChI is InChI=1S/C21H27NO/c1-22-21(23,19-13-3-2-4-14-19)16-8-12-18-11-7-10-17-9-5-6-15-20(17)18/h2-4,7,10-11,13-14,22-23H,5-6,8-9,12,15-16H2,1H3. The molecule has 0 amide bonds. The van der Waals surface area contributed by atoms with Crippen molar-refractivity contribution < 1.29 is 5.11 Å². The van der Waals surface area contributed by atoms with E-state index >= 15 is 0 Å². The first-order valence-electron chi connectivity index (χ1n) is 8.79. The lowest BCUT2D eigenvalue weighted by Crippen LogP contribution is -2.39. The van der Waals surface area contributed by atoms with Crippen molar-refractivity contribution in [1.82, 2.24) is 5.32 Å². The van der Waals surface area contributed by atoms with E-state index in [1.165, 1.54) is 31.2 Å². The fourth-order valence-electron chi connectivity index (χ4n) is 3.76. The summed E-state index contributed by atoms with van der Waals surface area (Å²) in [6.45, 7) is 0.